The highest BCUT2D eigenvalue weighted by Crippen LogP contribution is 2.21. The molecule has 148 valence electrons. The number of hydrogen-bond donors (Lipinski definition) is 1. The SMILES string of the molecule is COCCCN(Cc1ccc(C(=O)O)o1)C(=O)c1ccc2c(c1)nc(Cl)n2C. The molecule has 28 heavy (non-hydrogen) atoms. The number of ether oxygens (including phenoxy) is 1. The molecule has 8 nitrogen and oxygen atoms in total. The number of carbonyl (C=O) groups is 2. The highest BCUT2D eigenvalue weighted by molar-refractivity contribution is 6.29. The van der Waals surface area contributed by atoms with Gasteiger partial charge in [-0.05, 0) is 48.4 Å². The number of carboxylic acid groups (broad SMARTS) is 1. The van der Waals surface area contributed by atoms with Crippen LogP contribution in [0.25, 0.3) is 11.0 Å². The zero-order valence-corrected chi connectivity index (χ0v) is 16.3. The van der Waals surface area contributed by atoms with Gasteiger partial charge in [-0.1, -0.05) is 0 Å². The first-order valence-electron chi connectivity index (χ1n) is 8.63. The molecule has 9 heteroatoms. The van der Waals surface area contributed by atoms with E-state index in [1.807, 2.05) is 0 Å². The van der Waals surface area contributed by atoms with E-state index in [2.05, 4.69) is 4.98 Å². The largest absolute Gasteiger partial charge is 0.475 e. The van der Waals surface area contributed by atoms with Crippen molar-refractivity contribution in [3.63, 3.8) is 0 Å². The lowest BCUT2D eigenvalue weighted by Gasteiger charge is -2.21. The van der Waals surface area contributed by atoms with Crippen molar-refractivity contribution in [2.75, 3.05) is 20.3 Å². The zero-order valence-electron chi connectivity index (χ0n) is 15.5. The van der Waals surface area contributed by atoms with Crippen LogP contribution in [0.15, 0.2) is 34.7 Å². The monoisotopic (exact) mass is 405 g/mol. The van der Waals surface area contributed by atoms with Crippen molar-refractivity contribution in [3.05, 3.63) is 52.7 Å². The summed E-state index contributed by atoms with van der Waals surface area (Å²) in [7, 11) is 3.39. The maximum atomic E-state index is 13.1. The first kappa shape index (κ1) is 19.9. The minimum atomic E-state index is -1.15. The molecule has 0 bridgehead atoms. The highest BCUT2D eigenvalue weighted by Gasteiger charge is 2.20. The molecule has 0 saturated carbocycles. The molecule has 0 saturated heterocycles. The fourth-order valence-electron chi connectivity index (χ4n) is 2.90. The van der Waals surface area contributed by atoms with Gasteiger partial charge in [-0.25, -0.2) is 9.78 Å². The summed E-state index contributed by atoms with van der Waals surface area (Å²) in [5.41, 5.74) is 1.91. The van der Waals surface area contributed by atoms with E-state index in [4.69, 9.17) is 25.9 Å². The van der Waals surface area contributed by atoms with Crippen LogP contribution in [0.3, 0.4) is 0 Å². The number of nitrogens with zero attached hydrogens (tertiary/aromatic N) is 3. The number of carboxylic acids is 1. The molecule has 0 unspecified atom stereocenters. The van der Waals surface area contributed by atoms with Crippen LogP contribution in [0.2, 0.25) is 5.28 Å². The minimum absolute atomic E-state index is 0.150. The molecule has 0 fully saturated rings. The Labute approximate surface area is 166 Å². The van der Waals surface area contributed by atoms with E-state index in [-0.39, 0.29) is 18.2 Å². The number of aryl methyl sites for hydroxylation is 1. The van der Waals surface area contributed by atoms with Gasteiger partial charge in [0.2, 0.25) is 11.0 Å². The topological polar surface area (TPSA) is 97.8 Å². The summed E-state index contributed by atoms with van der Waals surface area (Å²) in [6.07, 6.45) is 0.631. The van der Waals surface area contributed by atoms with Crippen LogP contribution in [0, 0.1) is 0 Å². The molecule has 0 aliphatic carbocycles. The normalized spacial score (nSPS) is 11.1. The van der Waals surface area contributed by atoms with Crippen molar-refractivity contribution in [1.29, 1.82) is 0 Å². The standard InChI is InChI=1S/C19H20ClN3O5/c1-22-15-6-4-12(10-14(15)21-19(22)20)17(24)23(8-3-9-27-2)11-13-5-7-16(28-13)18(25)26/h4-7,10H,3,8-9,11H2,1-2H3,(H,25,26). The Balaban J connectivity index is 1.85. The molecule has 1 amide bonds. The second kappa shape index (κ2) is 8.45. The van der Waals surface area contributed by atoms with Gasteiger partial charge in [0.1, 0.15) is 5.76 Å². The Bertz CT molecular complexity index is 1010. The molecule has 0 atom stereocenters. The van der Waals surface area contributed by atoms with Crippen molar-refractivity contribution in [3.8, 4) is 0 Å². The van der Waals surface area contributed by atoms with Gasteiger partial charge in [0.15, 0.2) is 0 Å². The molecule has 2 heterocycles. The number of imidazole rings is 1. The molecule has 3 rings (SSSR count). The molecule has 3 aromatic rings. The summed E-state index contributed by atoms with van der Waals surface area (Å²) in [6, 6.07) is 8.14. The molecule has 0 spiro atoms. The first-order valence-corrected chi connectivity index (χ1v) is 9.00. The van der Waals surface area contributed by atoms with Gasteiger partial charge >= 0.3 is 5.97 Å². The number of hydrogen-bond acceptors (Lipinski definition) is 5. The number of aromatic carboxylic acids is 1. The lowest BCUT2D eigenvalue weighted by molar-refractivity contribution is 0.0655. The van der Waals surface area contributed by atoms with Gasteiger partial charge in [-0.3, -0.25) is 4.79 Å². The number of fused-ring (bicyclic) bond motifs is 1. The van der Waals surface area contributed by atoms with Crippen LogP contribution in [0.5, 0.6) is 0 Å². The van der Waals surface area contributed by atoms with E-state index in [0.29, 0.717) is 41.7 Å². The van der Waals surface area contributed by atoms with Gasteiger partial charge in [-0.2, -0.15) is 0 Å². The van der Waals surface area contributed by atoms with E-state index in [9.17, 15) is 9.59 Å². The number of methoxy groups -OCH3 is 1. The third-order valence-electron chi connectivity index (χ3n) is 4.36. The van der Waals surface area contributed by atoms with Crippen LogP contribution in [-0.2, 0) is 18.3 Å². The van der Waals surface area contributed by atoms with E-state index in [1.54, 1.807) is 47.9 Å². The van der Waals surface area contributed by atoms with Crippen LogP contribution in [0.1, 0.15) is 33.1 Å². The number of rotatable bonds is 8. The van der Waals surface area contributed by atoms with E-state index in [0.717, 1.165) is 5.52 Å². The molecule has 0 aliphatic heterocycles. The maximum absolute atomic E-state index is 13.1. The fraction of sp³-hybridized carbons (Fsp3) is 0.316. The van der Waals surface area contributed by atoms with E-state index >= 15 is 0 Å². The van der Waals surface area contributed by atoms with Crippen LogP contribution < -0.4 is 0 Å². The molecular weight excluding hydrogens is 386 g/mol. The van der Waals surface area contributed by atoms with Gasteiger partial charge in [0.25, 0.3) is 5.91 Å². The zero-order chi connectivity index (χ0) is 20.3. The number of carbonyl (C=O) groups excluding carboxylic acids is 1. The summed E-state index contributed by atoms with van der Waals surface area (Å²) in [5.74, 6) is -1.14. The number of aromatic nitrogens is 2. The van der Waals surface area contributed by atoms with Crippen molar-refractivity contribution in [2.24, 2.45) is 7.05 Å². The predicted octanol–water partition coefficient (Wildman–Crippen LogP) is 3.20. The lowest BCUT2D eigenvalue weighted by atomic mass is 10.1. The van der Waals surface area contributed by atoms with E-state index < -0.39 is 5.97 Å². The van der Waals surface area contributed by atoms with Crippen LogP contribution in [0.4, 0.5) is 0 Å². The second-order valence-corrected chi connectivity index (χ2v) is 6.63. The molecular formula is C19H20ClN3O5. The summed E-state index contributed by atoms with van der Waals surface area (Å²) in [6.45, 7) is 1.07. The van der Waals surface area contributed by atoms with Crippen molar-refractivity contribution in [2.45, 2.75) is 13.0 Å². The molecule has 1 N–H and O–H groups in total. The van der Waals surface area contributed by atoms with Crippen molar-refractivity contribution < 1.29 is 23.8 Å². The maximum Gasteiger partial charge on any atom is 0.371 e. The predicted molar refractivity (Wildman–Crippen MR) is 103 cm³/mol. The third-order valence-corrected chi connectivity index (χ3v) is 4.69. The fourth-order valence-corrected chi connectivity index (χ4v) is 3.09. The van der Waals surface area contributed by atoms with Gasteiger partial charge in [0, 0.05) is 32.9 Å². The minimum Gasteiger partial charge on any atom is -0.475 e. The van der Waals surface area contributed by atoms with Gasteiger partial charge < -0.3 is 23.7 Å². The highest BCUT2D eigenvalue weighted by atomic mass is 35.5. The number of furan rings is 1. The summed E-state index contributed by atoms with van der Waals surface area (Å²) < 4.78 is 12.1. The summed E-state index contributed by atoms with van der Waals surface area (Å²) in [4.78, 5) is 29.9. The lowest BCUT2D eigenvalue weighted by Crippen LogP contribution is -2.32. The number of amides is 1. The molecule has 0 radical (unpaired) electrons. The smallest absolute Gasteiger partial charge is 0.371 e. The summed E-state index contributed by atoms with van der Waals surface area (Å²) >= 11 is 6.05. The van der Waals surface area contributed by atoms with Crippen LogP contribution >= 0.6 is 11.6 Å². The Kier molecular flexibility index (Phi) is 6.01. The average molecular weight is 406 g/mol. The van der Waals surface area contributed by atoms with Crippen molar-refractivity contribution in [1.82, 2.24) is 14.5 Å². The Morgan fingerprint density at radius 1 is 1.32 bits per heavy atom. The molecule has 0 aliphatic rings. The Morgan fingerprint density at radius 3 is 2.79 bits per heavy atom. The second-order valence-electron chi connectivity index (χ2n) is 6.29. The Hall–Kier alpha value is -2.84. The Morgan fingerprint density at radius 2 is 2.11 bits per heavy atom. The van der Waals surface area contributed by atoms with E-state index in [1.165, 1.54) is 6.07 Å². The van der Waals surface area contributed by atoms with Gasteiger partial charge in [0.05, 0.1) is 17.6 Å². The van der Waals surface area contributed by atoms with Crippen molar-refractivity contribution >= 4 is 34.5 Å². The first-order chi connectivity index (χ1) is 13.4. The molecule has 2 aromatic heterocycles. The summed E-state index contributed by atoms with van der Waals surface area (Å²) in [5, 5.41) is 9.35. The van der Waals surface area contributed by atoms with Gasteiger partial charge in [-0.15, -0.1) is 0 Å². The van der Waals surface area contributed by atoms with Crippen LogP contribution in [-0.4, -0.2) is 51.7 Å². The number of benzene rings is 1. The number of halogens is 1. The average Bonchev–Trinajstić information content (AvgIpc) is 3.25. The third kappa shape index (κ3) is 4.18. The quantitative estimate of drug-likeness (QED) is 0.578. The molecule has 1 aromatic carbocycles.